The summed E-state index contributed by atoms with van der Waals surface area (Å²) in [5.41, 5.74) is 2.80. The van der Waals surface area contributed by atoms with E-state index in [1.165, 1.54) is 18.9 Å². The molecule has 1 N–H and O–H groups in total. The molecule has 3 heterocycles. The van der Waals surface area contributed by atoms with Crippen molar-refractivity contribution in [1.29, 1.82) is 0 Å². The van der Waals surface area contributed by atoms with Gasteiger partial charge in [-0.2, -0.15) is 0 Å². The monoisotopic (exact) mass is 385 g/mol. The summed E-state index contributed by atoms with van der Waals surface area (Å²) in [4.78, 5) is 25.8. The van der Waals surface area contributed by atoms with E-state index in [0.29, 0.717) is 42.5 Å². The summed E-state index contributed by atoms with van der Waals surface area (Å²) in [6.45, 7) is 5.23. The van der Waals surface area contributed by atoms with Crippen LogP contribution < -0.4 is 15.6 Å². The zero-order valence-electron chi connectivity index (χ0n) is 16.5. The number of aryl methyl sites for hydroxylation is 2. The van der Waals surface area contributed by atoms with Crippen molar-refractivity contribution in [2.75, 3.05) is 6.54 Å². The molecule has 150 valence electrons. The number of hydrogen-bond acceptors (Lipinski definition) is 5. The highest BCUT2D eigenvalue weighted by Crippen LogP contribution is 2.29. The summed E-state index contributed by atoms with van der Waals surface area (Å²) in [6.07, 6.45) is 6.03. The van der Waals surface area contributed by atoms with Crippen molar-refractivity contribution in [3.05, 3.63) is 44.7 Å². The van der Waals surface area contributed by atoms with E-state index in [9.17, 15) is 9.59 Å². The van der Waals surface area contributed by atoms with Gasteiger partial charge in [0.05, 0.1) is 11.3 Å². The van der Waals surface area contributed by atoms with E-state index in [2.05, 4.69) is 10.5 Å². The maximum absolute atomic E-state index is 13.1. The average molecular weight is 385 g/mol. The maximum Gasteiger partial charge on any atom is 0.256 e. The molecule has 0 spiro atoms. The molecule has 1 aliphatic heterocycles. The minimum absolute atomic E-state index is 0.107. The molecule has 1 fully saturated rings. The molecule has 1 saturated carbocycles. The van der Waals surface area contributed by atoms with Gasteiger partial charge in [0.25, 0.3) is 11.5 Å². The number of amides is 1. The quantitative estimate of drug-likeness (QED) is 0.826. The fourth-order valence-corrected chi connectivity index (χ4v) is 3.78. The molecule has 2 aromatic rings. The summed E-state index contributed by atoms with van der Waals surface area (Å²) >= 11 is 0. The van der Waals surface area contributed by atoms with Gasteiger partial charge in [-0.15, -0.1) is 0 Å². The Labute approximate surface area is 164 Å². The number of ether oxygens (including phenoxy) is 1. The summed E-state index contributed by atoms with van der Waals surface area (Å²) in [6, 6.07) is 1.46. The fourth-order valence-electron chi connectivity index (χ4n) is 3.78. The molecule has 2 aliphatic rings. The van der Waals surface area contributed by atoms with Gasteiger partial charge in [0.15, 0.2) is 0 Å². The number of rotatable bonds is 6. The lowest BCUT2D eigenvalue weighted by molar-refractivity contribution is 0.0945. The predicted molar refractivity (Wildman–Crippen MR) is 104 cm³/mol. The van der Waals surface area contributed by atoms with Crippen LogP contribution in [-0.2, 0) is 19.6 Å². The van der Waals surface area contributed by atoms with Crippen LogP contribution in [0.3, 0.4) is 0 Å². The van der Waals surface area contributed by atoms with Crippen LogP contribution in [0.1, 0.15) is 65.2 Å². The van der Waals surface area contributed by atoms with E-state index in [1.54, 1.807) is 4.57 Å². The van der Waals surface area contributed by atoms with E-state index in [0.717, 1.165) is 36.2 Å². The molecule has 0 atom stereocenters. The summed E-state index contributed by atoms with van der Waals surface area (Å²) in [5, 5.41) is 6.98. The molecule has 2 aromatic heterocycles. The minimum Gasteiger partial charge on any atom is -0.488 e. The molecule has 1 amide bonds. The average Bonchev–Trinajstić information content (AvgIpc) is 3.47. The van der Waals surface area contributed by atoms with Gasteiger partial charge in [-0.1, -0.05) is 11.6 Å². The van der Waals surface area contributed by atoms with E-state index < -0.39 is 0 Å². The van der Waals surface area contributed by atoms with Crippen molar-refractivity contribution in [3.63, 3.8) is 0 Å². The van der Waals surface area contributed by atoms with E-state index in [1.807, 2.05) is 13.8 Å². The third-order valence-electron chi connectivity index (χ3n) is 5.71. The first-order chi connectivity index (χ1) is 13.5. The third kappa shape index (κ3) is 3.84. The van der Waals surface area contributed by atoms with Crippen molar-refractivity contribution < 1.29 is 14.1 Å². The van der Waals surface area contributed by atoms with Crippen LogP contribution in [0, 0.1) is 19.8 Å². The third-order valence-corrected chi connectivity index (χ3v) is 5.71. The highest BCUT2D eigenvalue weighted by molar-refractivity contribution is 5.98. The number of aromatic nitrogens is 2. The summed E-state index contributed by atoms with van der Waals surface area (Å²) in [7, 11) is 0. The van der Waals surface area contributed by atoms with Crippen LogP contribution in [0.5, 0.6) is 5.75 Å². The molecular weight excluding hydrogens is 358 g/mol. The van der Waals surface area contributed by atoms with Crippen LogP contribution in [-0.4, -0.2) is 22.2 Å². The highest BCUT2D eigenvalue weighted by atomic mass is 16.5. The molecule has 0 aromatic carbocycles. The lowest BCUT2D eigenvalue weighted by Gasteiger charge is -2.18. The first kappa shape index (κ1) is 18.8. The number of hydrogen-bond donors (Lipinski definition) is 1. The van der Waals surface area contributed by atoms with Crippen LogP contribution in [0.15, 0.2) is 15.4 Å². The van der Waals surface area contributed by atoms with Crippen LogP contribution >= 0.6 is 0 Å². The van der Waals surface area contributed by atoms with E-state index in [4.69, 9.17) is 9.26 Å². The minimum atomic E-state index is -0.147. The standard InChI is InChI=1S/C21H27N3O4/c1-13-16(14(2)28-23-13)12-27-18-10-19(25)24-9-5-3-4-6-17(24)20(18)21(26)22-11-15-7-8-15/h10,15H,3-9,11-12H2,1-2H3,(H,22,26). The molecular formula is C21H27N3O4. The fraction of sp³-hybridized carbons (Fsp3) is 0.571. The molecule has 4 rings (SSSR count). The number of nitrogens with zero attached hydrogens (tertiary/aromatic N) is 2. The normalized spacial score (nSPS) is 16.4. The predicted octanol–water partition coefficient (Wildman–Crippen LogP) is 2.90. The van der Waals surface area contributed by atoms with Crippen LogP contribution in [0.25, 0.3) is 0 Å². The van der Waals surface area contributed by atoms with Crippen LogP contribution in [0.2, 0.25) is 0 Å². The SMILES string of the molecule is Cc1noc(C)c1COc1cc(=O)n2c(c1C(=O)NCC1CC1)CCCCC2. The van der Waals surface area contributed by atoms with Crippen molar-refractivity contribution in [1.82, 2.24) is 15.0 Å². The smallest absolute Gasteiger partial charge is 0.256 e. The van der Waals surface area contributed by atoms with Gasteiger partial charge in [-0.25, -0.2) is 0 Å². The molecule has 7 heteroatoms. The molecule has 28 heavy (non-hydrogen) atoms. The maximum atomic E-state index is 13.1. The van der Waals surface area contributed by atoms with Gasteiger partial charge in [-0.3, -0.25) is 9.59 Å². The molecule has 7 nitrogen and oxygen atoms in total. The molecule has 1 aliphatic carbocycles. The van der Waals surface area contributed by atoms with Crippen molar-refractivity contribution >= 4 is 5.91 Å². The van der Waals surface area contributed by atoms with Gasteiger partial charge in [0, 0.05) is 24.8 Å². The zero-order chi connectivity index (χ0) is 19.7. The number of fused-ring (bicyclic) bond motifs is 1. The Morgan fingerprint density at radius 3 is 2.86 bits per heavy atom. The Hall–Kier alpha value is -2.57. The van der Waals surface area contributed by atoms with Gasteiger partial charge in [-0.05, 0) is 51.9 Å². The Kier molecular flexibility index (Phi) is 5.24. The van der Waals surface area contributed by atoms with E-state index >= 15 is 0 Å². The molecule has 0 bridgehead atoms. The Morgan fingerprint density at radius 2 is 2.14 bits per heavy atom. The zero-order valence-corrected chi connectivity index (χ0v) is 16.5. The first-order valence-electron chi connectivity index (χ1n) is 10.1. The van der Waals surface area contributed by atoms with Crippen LogP contribution in [0.4, 0.5) is 0 Å². The number of carbonyl (C=O) groups is 1. The number of pyridine rings is 1. The van der Waals surface area contributed by atoms with E-state index in [-0.39, 0.29) is 18.1 Å². The molecule has 0 radical (unpaired) electrons. The number of nitrogens with one attached hydrogen (secondary N) is 1. The van der Waals surface area contributed by atoms with Gasteiger partial charge < -0.3 is 19.1 Å². The Balaban J connectivity index is 1.68. The van der Waals surface area contributed by atoms with Gasteiger partial charge >= 0.3 is 0 Å². The van der Waals surface area contributed by atoms with Crippen molar-refractivity contribution in [2.45, 2.75) is 65.5 Å². The summed E-state index contributed by atoms with van der Waals surface area (Å²) < 4.78 is 12.9. The Bertz CT molecular complexity index is 920. The van der Waals surface area contributed by atoms with Gasteiger partial charge in [0.2, 0.25) is 0 Å². The largest absolute Gasteiger partial charge is 0.488 e. The summed E-state index contributed by atoms with van der Waals surface area (Å²) in [5.74, 6) is 1.47. The second-order valence-electron chi connectivity index (χ2n) is 7.88. The second kappa shape index (κ2) is 7.81. The first-order valence-corrected chi connectivity index (χ1v) is 10.1. The highest BCUT2D eigenvalue weighted by Gasteiger charge is 2.27. The van der Waals surface area contributed by atoms with Gasteiger partial charge in [0.1, 0.15) is 23.7 Å². The molecule has 0 unspecified atom stereocenters. The Morgan fingerprint density at radius 1 is 1.32 bits per heavy atom. The lowest BCUT2D eigenvalue weighted by atomic mass is 10.1. The van der Waals surface area contributed by atoms with Crippen molar-refractivity contribution in [3.8, 4) is 5.75 Å². The second-order valence-corrected chi connectivity index (χ2v) is 7.88. The topological polar surface area (TPSA) is 86.4 Å². The molecule has 0 saturated heterocycles. The number of carbonyl (C=O) groups excluding carboxylic acids is 1. The van der Waals surface area contributed by atoms with Crippen molar-refractivity contribution in [2.24, 2.45) is 5.92 Å². The lowest BCUT2D eigenvalue weighted by Crippen LogP contribution is -2.32.